The fourth-order valence-corrected chi connectivity index (χ4v) is 1.94. The molecule has 0 aliphatic carbocycles. The summed E-state index contributed by atoms with van der Waals surface area (Å²) in [7, 11) is 0. The zero-order valence-corrected chi connectivity index (χ0v) is 14.2. The van der Waals surface area contributed by atoms with Gasteiger partial charge in [0.2, 0.25) is 0 Å². The van der Waals surface area contributed by atoms with E-state index in [2.05, 4.69) is 53.3 Å². The fourth-order valence-electron chi connectivity index (χ4n) is 1.53. The van der Waals surface area contributed by atoms with Gasteiger partial charge in [-0.15, -0.1) is 6.42 Å². The summed E-state index contributed by atoms with van der Waals surface area (Å²) in [5.41, 5.74) is 0.994. The van der Waals surface area contributed by atoms with E-state index in [1.807, 2.05) is 18.2 Å². The van der Waals surface area contributed by atoms with Crippen LogP contribution in [0.25, 0.3) is 0 Å². The number of carbonyl (C=O) groups is 1. The van der Waals surface area contributed by atoms with Crippen molar-refractivity contribution < 1.29 is 9.53 Å². The molecule has 1 amide bonds. The van der Waals surface area contributed by atoms with E-state index >= 15 is 0 Å². The van der Waals surface area contributed by atoms with Crippen molar-refractivity contribution in [3.05, 3.63) is 28.2 Å². The van der Waals surface area contributed by atoms with Crippen molar-refractivity contribution >= 4 is 21.8 Å². The molecule has 4 nitrogen and oxygen atoms in total. The largest absolute Gasteiger partial charge is 0.483 e. The third-order valence-electron chi connectivity index (χ3n) is 2.58. The van der Waals surface area contributed by atoms with Gasteiger partial charge in [0.05, 0.1) is 6.54 Å². The number of amides is 1. The van der Waals surface area contributed by atoms with Crippen LogP contribution in [0.3, 0.4) is 0 Å². The van der Waals surface area contributed by atoms with Crippen LogP contribution < -0.4 is 15.4 Å². The van der Waals surface area contributed by atoms with Gasteiger partial charge in [-0.25, -0.2) is 0 Å². The summed E-state index contributed by atoms with van der Waals surface area (Å²) in [5.74, 6) is 2.80. The zero-order valence-electron chi connectivity index (χ0n) is 12.6. The third kappa shape index (κ3) is 7.16. The second kappa shape index (κ2) is 8.06. The molecule has 0 fully saturated rings. The fraction of sp³-hybridized carbons (Fsp3) is 0.438. The molecule has 0 bridgehead atoms. The topological polar surface area (TPSA) is 50.4 Å². The number of rotatable bonds is 6. The second-order valence-electron chi connectivity index (χ2n) is 5.63. The Morgan fingerprint density at radius 1 is 1.43 bits per heavy atom. The van der Waals surface area contributed by atoms with E-state index in [1.54, 1.807) is 0 Å². The van der Waals surface area contributed by atoms with Gasteiger partial charge in [-0.05, 0) is 39.0 Å². The highest BCUT2D eigenvalue weighted by Gasteiger charge is 2.12. The van der Waals surface area contributed by atoms with Crippen molar-refractivity contribution in [1.82, 2.24) is 10.6 Å². The highest BCUT2D eigenvalue weighted by atomic mass is 79.9. The van der Waals surface area contributed by atoms with E-state index in [4.69, 9.17) is 11.2 Å². The Morgan fingerprint density at radius 2 is 2.14 bits per heavy atom. The van der Waals surface area contributed by atoms with Crippen LogP contribution >= 0.6 is 15.9 Å². The molecular weight excluding hydrogens is 332 g/mol. The lowest BCUT2D eigenvalue weighted by molar-refractivity contribution is -0.122. The van der Waals surface area contributed by atoms with Gasteiger partial charge in [0, 0.05) is 22.1 Å². The van der Waals surface area contributed by atoms with Crippen LogP contribution in [0, 0.1) is 12.3 Å². The molecule has 0 radical (unpaired) electrons. The highest BCUT2D eigenvalue weighted by Crippen LogP contribution is 2.23. The number of ether oxygens (including phenoxy) is 1. The molecule has 2 N–H and O–H groups in total. The van der Waals surface area contributed by atoms with E-state index in [0.29, 0.717) is 12.3 Å². The van der Waals surface area contributed by atoms with Crippen LogP contribution in [0.1, 0.15) is 26.3 Å². The Kier molecular flexibility index (Phi) is 6.73. The van der Waals surface area contributed by atoms with E-state index < -0.39 is 0 Å². The molecule has 0 unspecified atom stereocenters. The molecule has 0 saturated heterocycles. The number of benzene rings is 1. The number of terminal acetylenes is 1. The number of nitrogens with one attached hydrogen (secondary N) is 2. The standard InChI is InChI=1S/C16H21BrN2O2/c1-5-8-18-15(20)11-21-14-7-6-13(17)9-12(14)10-19-16(2,3)4/h1,6-7,9,19H,8,10-11H2,2-4H3,(H,18,20). The molecule has 114 valence electrons. The van der Waals surface area contributed by atoms with Crippen molar-refractivity contribution in [2.45, 2.75) is 32.9 Å². The van der Waals surface area contributed by atoms with Gasteiger partial charge in [-0.3, -0.25) is 4.79 Å². The number of carbonyl (C=O) groups excluding carboxylic acids is 1. The molecule has 0 aliphatic rings. The number of hydrogen-bond donors (Lipinski definition) is 2. The number of halogens is 1. The summed E-state index contributed by atoms with van der Waals surface area (Å²) in [6.07, 6.45) is 5.09. The monoisotopic (exact) mass is 352 g/mol. The summed E-state index contributed by atoms with van der Waals surface area (Å²) in [4.78, 5) is 11.5. The molecule has 0 heterocycles. The molecule has 5 heteroatoms. The van der Waals surface area contributed by atoms with Gasteiger partial charge in [0.1, 0.15) is 5.75 Å². The van der Waals surface area contributed by atoms with Gasteiger partial charge in [0.15, 0.2) is 6.61 Å². The lowest BCUT2D eigenvalue weighted by Crippen LogP contribution is -2.35. The summed E-state index contributed by atoms with van der Waals surface area (Å²) in [5, 5.41) is 5.96. The van der Waals surface area contributed by atoms with E-state index in [-0.39, 0.29) is 24.6 Å². The lowest BCUT2D eigenvalue weighted by Gasteiger charge is -2.21. The maximum Gasteiger partial charge on any atom is 0.258 e. The summed E-state index contributed by atoms with van der Waals surface area (Å²) < 4.78 is 6.54. The summed E-state index contributed by atoms with van der Waals surface area (Å²) in [6.45, 7) is 7.10. The van der Waals surface area contributed by atoms with Crippen molar-refractivity contribution in [3.8, 4) is 18.1 Å². The Hall–Kier alpha value is -1.51. The molecule has 0 spiro atoms. The smallest absolute Gasteiger partial charge is 0.258 e. The predicted molar refractivity (Wildman–Crippen MR) is 88.1 cm³/mol. The van der Waals surface area contributed by atoms with Gasteiger partial charge < -0.3 is 15.4 Å². The van der Waals surface area contributed by atoms with Crippen LogP contribution in [0.2, 0.25) is 0 Å². The van der Waals surface area contributed by atoms with Crippen LogP contribution in [-0.4, -0.2) is 24.6 Å². The molecule has 1 aromatic rings. The maximum absolute atomic E-state index is 11.5. The zero-order chi connectivity index (χ0) is 15.9. The van der Waals surface area contributed by atoms with Crippen LogP contribution in [0.5, 0.6) is 5.75 Å². The minimum absolute atomic E-state index is 0.00373. The molecular formula is C16H21BrN2O2. The molecule has 0 aromatic heterocycles. The minimum atomic E-state index is -0.231. The Balaban J connectivity index is 2.68. The van der Waals surface area contributed by atoms with E-state index in [1.165, 1.54) is 0 Å². The normalized spacial score (nSPS) is 10.8. The van der Waals surface area contributed by atoms with Crippen molar-refractivity contribution in [2.24, 2.45) is 0 Å². The Labute approximate surface area is 134 Å². The van der Waals surface area contributed by atoms with Gasteiger partial charge in [-0.2, -0.15) is 0 Å². The summed E-state index contributed by atoms with van der Waals surface area (Å²) >= 11 is 3.45. The SMILES string of the molecule is C#CCNC(=O)COc1ccc(Br)cc1CNC(C)(C)C. The van der Waals surface area contributed by atoms with Crippen LogP contribution in [0.15, 0.2) is 22.7 Å². The van der Waals surface area contributed by atoms with Crippen molar-refractivity contribution in [1.29, 1.82) is 0 Å². The first-order valence-corrected chi connectivity index (χ1v) is 7.47. The van der Waals surface area contributed by atoms with E-state index in [9.17, 15) is 4.79 Å². The average Bonchev–Trinajstić information content (AvgIpc) is 2.41. The first-order valence-electron chi connectivity index (χ1n) is 6.68. The predicted octanol–water partition coefficient (Wildman–Crippen LogP) is 2.47. The Bertz CT molecular complexity index is 530. The lowest BCUT2D eigenvalue weighted by atomic mass is 10.1. The average molecular weight is 353 g/mol. The van der Waals surface area contributed by atoms with Crippen LogP contribution in [0.4, 0.5) is 0 Å². The Morgan fingerprint density at radius 3 is 2.76 bits per heavy atom. The maximum atomic E-state index is 11.5. The molecule has 1 rings (SSSR count). The third-order valence-corrected chi connectivity index (χ3v) is 3.07. The van der Waals surface area contributed by atoms with Gasteiger partial charge in [-0.1, -0.05) is 21.9 Å². The molecule has 0 atom stereocenters. The van der Waals surface area contributed by atoms with Crippen molar-refractivity contribution in [3.63, 3.8) is 0 Å². The summed E-state index contributed by atoms with van der Waals surface area (Å²) in [6, 6.07) is 5.71. The number of hydrogen-bond acceptors (Lipinski definition) is 3. The van der Waals surface area contributed by atoms with Crippen LogP contribution in [-0.2, 0) is 11.3 Å². The van der Waals surface area contributed by atoms with Gasteiger partial charge >= 0.3 is 0 Å². The first kappa shape index (κ1) is 17.5. The first-order chi connectivity index (χ1) is 9.81. The molecule has 0 aliphatic heterocycles. The quantitative estimate of drug-likeness (QED) is 0.773. The molecule has 1 aromatic carbocycles. The van der Waals surface area contributed by atoms with Crippen molar-refractivity contribution in [2.75, 3.05) is 13.2 Å². The molecule has 21 heavy (non-hydrogen) atoms. The highest BCUT2D eigenvalue weighted by molar-refractivity contribution is 9.10. The second-order valence-corrected chi connectivity index (χ2v) is 6.54. The van der Waals surface area contributed by atoms with Gasteiger partial charge in [0.25, 0.3) is 5.91 Å². The molecule has 0 saturated carbocycles. The van der Waals surface area contributed by atoms with E-state index in [0.717, 1.165) is 10.0 Å². The minimum Gasteiger partial charge on any atom is -0.483 e.